The number of hydrogen-bond donors (Lipinski definition) is 6. The number of nitrogens with two attached hydrogens (primary N) is 1. The highest BCUT2D eigenvalue weighted by Gasteiger charge is 2.45. The maximum absolute atomic E-state index is 13.2. The van der Waals surface area contributed by atoms with Gasteiger partial charge >= 0.3 is 5.69 Å². The standard InChI is InChI=1S/C19H23N5O7S/c20-18-21-15-12(16(29)22-18)23(6-9(26)8-32-10-4-2-1-3-5-10)19(30)24(15)17-14(28)13(27)11(7-25)31-17/h1-5,9,11,13-14,17,25-28H,6-8H2,(H3,20,21,22,29)/t9?,11-,13-,14-,17-/m1/s1. The molecule has 0 spiro atoms. The number of imidazole rings is 1. The van der Waals surface area contributed by atoms with E-state index in [-0.39, 0.29) is 29.4 Å². The van der Waals surface area contributed by atoms with Crippen molar-refractivity contribution in [2.24, 2.45) is 0 Å². The average molecular weight is 465 g/mol. The minimum atomic E-state index is -1.57. The van der Waals surface area contributed by atoms with Crippen molar-refractivity contribution in [2.45, 2.75) is 42.1 Å². The molecule has 0 radical (unpaired) electrons. The first-order valence-electron chi connectivity index (χ1n) is 9.80. The van der Waals surface area contributed by atoms with E-state index in [4.69, 9.17) is 10.5 Å². The summed E-state index contributed by atoms with van der Waals surface area (Å²) in [6, 6.07) is 9.37. The summed E-state index contributed by atoms with van der Waals surface area (Å²) in [6.45, 7) is -0.820. The number of anilines is 1. The summed E-state index contributed by atoms with van der Waals surface area (Å²) in [5.41, 5.74) is 3.81. The number of aliphatic hydroxyl groups excluding tert-OH is 4. The van der Waals surface area contributed by atoms with E-state index in [1.807, 2.05) is 30.3 Å². The molecule has 5 atom stereocenters. The number of H-pyrrole nitrogens is 1. The molecule has 1 aliphatic heterocycles. The van der Waals surface area contributed by atoms with Crippen LogP contribution in [-0.4, -0.2) is 76.3 Å². The zero-order chi connectivity index (χ0) is 23.0. The van der Waals surface area contributed by atoms with Crippen LogP contribution in [0.15, 0.2) is 44.8 Å². The van der Waals surface area contributed by atoms with Crippen LogP contribution >= 0.6 is 11.8 Å². The molecule has 12 nitrogen and oxygen atoms in total. The van der Waals surface area contributed by atoms with Crippen molar-refractivity contribution in [1.29, 1.82) is 0 Å². The molecule has 13 heteroatoms. The lowest BCUT2D eigenvalue weighted by Crippen LogP contribution is -2.37. The lowest BCUT2D eigenvalue weighted by Gasteiger charge is -2.16. The predicted octanol–water partition coefficient (Wildman–Crippen LogP) is -1.77. The first-order valence-corrected chi connectivity index (χ1v) is 10.8. The Kier molecular flexibility index (Phi) is 6.37. The topological polar surface area (TPSA) is 189 Å². The van der Waals surface area contributed by atoms with Crippen molar-refractivity contribution in [3.63, 3.8) is 0 Å². The van der Waals surface area contributed by atoms with Crippen molar-refractivity contribution >= 4 is 28.9 Å². The third kappa shape index (κ3) is 4.05. The number of rotatable bonds is 7. The van der Waals surface area contributed by atoms with E-state index < -0.39 is 48.5 Å². The molecule has 1 saturated heterocycles. The summed E-state index contributed by atoms with van der Waals surface area (Å²) in [5.74, 6) is -0.0163. The number of fused-ring (bicyclic) bond motifs is 1. The fraction of sp³-hybridized carbons (Fsp3) is 0.421. The molecule has 0 bridgehead atoms. The normalized spacial score (nSPS) is 24.2. The minimum Gasteiger partial charge on any atom is -0.394 e. The number of ether oxygens (including phenoxy) is 1. The minimum absolute atomic E-state index is 0.161. The second kappa shape index (κ2) is 9.05. The quantitative estimate of drug-likeness (QED) is 0.218. The maximum Gasteiger partial charge on any atom is 0.332 e. The van der Waals surface area contributed by atoms with Crippen molar-refractivity contribution in [3.05, 3.63) is 51.2 Å². The Morgan fingerprint density at radius 3 is 2.59 bits per heavy atom. The largest absolute Gasteiger partial charge is 0.394 e. The average Bonchev–Trinajstić information content (AvgIpc) is 3.20. The van der Waals surface area contributed by atoms with Gasteiger partial charge in [-0.25, -0.2) is 9.36 Å². The fourth-order valence-corrected chi connectivity index (χ4v) is 4.50. The number of nitrogen functional groups attached to an aromatic ring is 1. The molecule has 1 unspecified atom stereocenters. The van der Waals surface area contributed by atoms with Crippen LogP contribution in [0.3, 0.4) is 0 Å². The zero-order valence-corrected chi connectivity index (χ0v) is 17.6. The van der Waals surface area contributed by atoms with Crippen LogP contribution in [0.25, 0.3) is 11.2 Å². The predicted molar refractivity (Wildman–Crippen MR) is 115 cm³/mol. The van der Waals surface area contributed by atoms with Gasteiger partial charge in [0.25, 0.3) is 5.56 Å². The van der Waals surface area contributed by atoms with Gasteiger partial charge in [0, 0.05) is 10.6 Å². The number of benzene rings is 1. The van der Waals surface area contributed by atoms with Crippen molar-refractivity contribution in [3.8, 4) is 0 Å². The molecule has 1 aliphatic rings. The molecular weight excluding hydrogens is 442 g/mol. The van der Waals surface area contributed by atoms with Crippen LogP contribution in [0, 0.1) is 0 Å². The lowest BCUT2D eigenvalue weighted by molar-refractivity contribution is -0.0528. The Hall–Kier alpha value is -2.68. The highest BCUT2D eigenvalue weighted by atomic mass is 32.2. The van der Waals surface area contributed by atoms with Gasteiger partial charge < -0.3 is 30.9 Å². The molecule has 1 fully saturated rings. The van der Waals surface area contributed by atoms with E-state index in [2.05, 4.69) is 9.97 Å². The van der Waals surface area contributed by atoms with E-state index >= 15 is 0 Å². The molecule has 0 amide bonds. The molecule has 2 aromatic heterocycles. The summed E-state index contributed by atoms with van der Waals surface area (Å²) in [6.07, 6.45) is -6.57. The van der Waals surface area contributed by atoms with E-state index in [1.165, 1.54) is 11.8 Å². The molecule has 32 heavy (non-hydrogen) atoms. The van der Waals surface area contributed by atoms with Gasteiger partial charge in [-0.05, 0) is 12.1 Å². The van der Waals surface area contributed by atoms with Crippen LogP contribution in [0.5, 0.6) is 0 Å². The van der Waals surface area contributed by atoms with E-state index in [0.717, 1.165) is 14.0 Å². The highest BCUT2D eigenvalue weighted by Crippen LogP contribution is 2.30. The Labute approximate surface area is 184 Å². The summed E-state index contributed by atoms with van der Waals surface area (Å²) >= 11 is 1.38. The number of nitrogens with one attached hydrogen (secondary N) is 1. The summed E-state index contributed by atoms with van der Waals surface area (Å²) < 4.78 is 7.39. The van der Waals surface area contributed by atoms with Gasteiger partial charge in [-0.1, -0.05) is 18.2 Å². The molecule has 3 heterocycles. The molecule has 0 aliphatic carbocycles. The smallest absolute Gasteiger partial charge is 0.332 e. The van der Waals surface area contributed by atoms with Crippen molar-refractivity contribution in [2.75, 3.05) is 18.1 Å². The van der Waals surface area contributed by atoms with Gasteiger partial charge in [-0.3, -0.25) is 14.3 Å². The number of nitrogens with zero attached hydrogens (tertiary/aromatic N) is 3. The Bertz CT molecular complexity index is 1210. The van der Waals surface area contributed by atoms with Gasteiger partial charge in [-0.15, -0.1) is 11.8 Å². The van der Waals surface area contributed by atoms with Gasteiger partial charge in [0.1, 0.15) is 18.3 Å². The summed E-state index contributed by atoms with van der Waals surface area (Å²) in [4.78, 5) is 33.1. The van der Waals surface area contributed by atoms with Crippen LogP contribution in [0.1, 0.15) is 6.23 Å². The van der Waals surface area contributed by atoms with Gasteiger partial charge in [0.2, 0.25) is 5.95 Å². The molecule has 7 N–H and O–H groups in total. The Morgan fingerprint density at radius 2 is 1.94 bits per heavy atom. The third-order valence-corrected chi connectivity index (χ3v) is 6.34. The second-order valence-electron chi connectivity index (χ2n) is 7.39. The van der Waals surface area contributed by atoms with Crippen molar-refractivity contribution in [1.82, 2.24) is 19.1 Å². The number of aromatic nitrogens is 4. The van der Waals surface area contributed by atoms with Gasteiger partial charge in [-0.2, -0.15) is 4.98 Å². The summed E-state index contributed by atoms with van der Waals surface area (Å²) in [7, 11) is 0. The molecule has 0 saturated carbocycles. The second-order valence-corrected chi connectivity index (χ2v) is 8.49. The number of aromatic amines is 1. The molecule has 172 valence electrons. The zero-order valence-electron chi connectivity index (χ0n) is 16.7. The monoisotopic (exact) mass is 465 g/mol. The fourth-order valence-electron chi connectivity index (χ4n) is 3.66. The first kappa shape index (κ1) is 22.5. The van der Waals surface area contributed by atoms with Crippen LogP contribution in [0.4, 0.5) is 5.95 Å². The number of thioether (sulfide) groups is 1. The molecule has 4 rings (SSSR count). The third-order valence-electron chi connectivity index (χ3n) is 5.18. The molecule has 3 aromatic rings. The maximum atomic E-state index is 13.2. The van der Waals surface area contributed by atoms with E-state index in [9.17, 15) is 30.0 Å². The summed E-state index contributed by atoms with van der Waals surface area (Å²) in [5, 5.41) is 40.4. The molecule has 1 aromatic carbocycles. The van der Waals surface area contributed by atoms with E-state index in [1.54, 1.807) is 0 Å². The Morgan fingerprint density at radius 1 is 1.22 bits per heavy atom. The lowest BCUT2D eigenvalue weighted by atomic mass is 10.1. The van der Waals surface area contributed by atoms with E-state index in [0.29, 0.717) is 0 Å². The first-order chi connectivity index (χ1) is 15.3. The van der Waals surface area contributed by atoms with Crippen molar-refractivity contribution < 1.29 is 25.2 Å². The Balaban J connectivity index is 1.71. The van der Waals surface area contributed by atoms with Crippen LogP contribution < -0.4 is 17.0 Å². The van der Waals surface area contributed by atoms with Crippen LogP contribution in [-0.2, 0) is 11.3 Å². The van der Waals surface area contributed by atoms with Crippen LogP contribution in [0.2, 0.25) is 0 Å². The van der Waals surface area contributed by atoms with Gasteiger partial charge in [0.15, 0.2) is 17.4 Å². The van der Waals surface area contributed by atoms with Gasteiger partial charge in [0.05, 0.1) is 19.3 Å². The molecular formula is C19H23N5O7S. The number of hydrogen-bond acceptors (Lipinski definition) is 10. The SMILES string of the molecule is Nc1nc2c(c(=O)[nH]1)n(CC(O)CSc1ccccc1)c(=O)n2[C@@H]1O[C@H](CO)[C@@H](O)[C@H]1O. The number of aliphatic hydroxyl groups is 4. The highest BCUT2D eigenvalue weighted by molar-refractivity contribution is 7.99.